The second kappa shape index (κ2) is 7.67. The average Bonchev–Trinajstić information content (AvgIpc) is 3.42. The number of carbonyl (C=O) groups excluding carboxylic acids is 2. The van der Waals surface area contributed by atoms with Crippen LogP contribution in [-0.4, -0.2) is 29.5 Å². The van der Waals surface area contributed by atoms with E-state index in [1.165, 1.54) is 13.2 Å². The third kappa shape index (κ3) is 3.10. The molecular weight excluding hydrogens is 424 g/mol. The van der Waals surface area contributed by atoms with Crippen molar-refractivity contribution in [3.8, 4) is 11.3 Å². The summed E-state index contributed by atoms with van der Waals surface area (Å²) in [5.41, 5.74) is 2.80. The molecule has 2 aliphatic rings. The van der Waals surface area contributed by atoms with Crippen LogP contribution in [0.5, 0.6) is 0 Å². The lowest BCUT2D eigenvalue weighted by Crippen LogP contribution is -2.34. The fourth-order valence-electron chi connectivity index (χ4n) is 4.59. The number of furan rings is 1. The number of para-hydroxylation sites is 1. The number of ketones is 1. The van der Waals surface area contributed by atoms with Crippen molar-refractivity contribution >= 4 is 28.8 Å². The van der Waals surface area contributed by atoms with Crippen LogP contribution in [0.3, 0.4) is 0 Å². The maximum absolute atomic E-state index is 13.4. The van der Waals surface area contributed by atoms with Gasteiger partial charge in [0.05, 0.1) is 29.2 Å². The lowest BCUT2D eigenvalue weighted by molar-refractivity contribution is -0.384. The molecule has 2 aromatic carbocycles. The third-order valence-electron chi connectivity index (χ3n) is 6.06. The van der Waals surface area contributed by atoms with Crippen molar-refractivity contribution in [3.05, 3.63) is 93.2 Å². The van der Waals surface area contributed by atoms with Crippen LogP contribution in [0.2, 0.25) is 0 Å². The lowest BCUT2D eigenvalue weighted by Gasteiger charge is -2.28. The van der Waals surface area contributed by atoms with Crippen LogP contribution in [0.25, 0.3) is 17.0 Å². The van der Waals surface area contributed by atoms with Crippen molar-refractivity contribution in [3.63, 3.8) is 0 Å². The minimum absolute atomic E-state index is 0.103. The average molecular weight is 442 g/mol. The van der Waals surface area contributed by atoms with E-state index in [0.29, 0.717) is 39.4 Å². The van der Waals surface area contributed by atoms with E-state index in [9.17, 15) is 19.7 Å². The number of carbonyl (C=O) groups is 2. The maximum Gasteiger partial charge on any atom is 0.315 e. The zero-order chi connectivity index (χ0) is 23.3. The Morgan fingerprint density at radius 1 is 1.03 bits per heavy atom. The molecule has 0 bridgehead atoms. The van der Waals surface area contributed by atoms with Gasteiger partial charge in [-0.05, 0) is 25.1 Å². The summed E-state index contributed by atoms with van der Waals surface area (Å²) in [4.78, 5) is 41.8. The van der Waals surface area contributed by atoms with Crippen molar-refractivity contribution in [1.29, 1.82) is 0 Å². The monoisotopic (exact) mass is 442 g/mol. The van der Waals surface area contributed by atoms with E-state index < -0.39 is 22.7 Å². The summed E-state index contributed by atoms with van der Waals surface area (Å²) in [6, 6.07) is 16.6. The zero-order valence-electron chi connectivity index (χ0n) is 17.8. The predicted octanol–water partition coefficient (Wildman–Crippen LogP) is 4.81. The number of nitro groups is 1. The molecule has 3 aromatic rings. The summed E-state index contributed by atoms with van der Waals surface area (Å²) in [6.45, 7) is 1.72. The van der Waals surface area contributed by atoms with Crippen molar-refractivity contribution in [2.75, 3.05) is 7.11 Å². The number of rotatable bonds is 4. The van der Waals surface area contributed by atoms with Crippen LogP contribution in [0.15, 0.2) is 75.6 Å². The molecule has 1 aliphatic heterocycles. The lowest BCUT2D eigenvalue weighted by atomic mass is 9.78. The third-order valence-corrected chi connectivity index (χ3v) is 6.06. The molecule has 0 radical (unpaired) electrons. The maximum atomic E-state index is 13.4. The normalized spacial score (nSPS) is 19.1. The van der Waals surface area contributed by atoms with Crippen LogP contribution in [0, 0.1) is 16.0 Å². The number of esters is 1. The molecule has 1 aliphatic carbocycles. The highest BCUT2D eigenvalue weighted by Crippen LogP contribution is 2.49. The van der Waals surface area contributed by atoms with Gasteiger partial charge in [0.25, 0.3) is 5.69 Å². The Balaban J connectivity index is 1.68. The van der Waals surface area contributed by atoms with Crippen molar-refractivity contribution in [2.24, 2.45) is 10.9 Å². The van der Waals surface area contributed by atoms with Crippen molar-refractivity contribution in [1.82, 2.24) is 0 Å². The Kier molecular flexibility index (Phi) is 4.78. The first-order chi connectivity index (χ1) is 15.9. The molecule has 0 spiro atoms. The molecule has 1 unspecified atom stereocenters. The highest BCUT2D eigenvalue weighted by atomic mass is 16.6. The number of hydrogen-bond acceptors (Lipinski definition) is 7. The second-order valence-electron chi connectivity index (χ2n) is 7.84. The number of nitro benzene ring substituents is 1. The first-order valence-corrected chi connectivity index (χ1v) is 10.3. The molecular formula is C25H18N2O6. The van der Waals surface area contributed by atoms with E-state index in [2.05, 4.69) is 4.99 Å². The first-order valence-electron chi connectivity index (χ1n) is 10.3. The number of Topliss-reactive ketones (excluding diaryl/α,β-unsaturated/α-hetero) is 1. The molecule has 1 aromatic heterocycles. The SMILES string of the molecule is COC(=O)C1C(C)=NC2=C(C(=O)c3ccccc32)[C@H]1c1ccc(-c2ccccc2[N+](=O)[O-])o1. The minimum Gasteiger partial charge on any atom is -0.468 e. The molecule has 0 saturated heterocycles. The molecule has 8 heteroatoms. The van der Waals surface area contributed by atoms with Gasteiger partial charge in [-0.1, -0.05) is 36.4 Å². The number of nitrogens with zero attached hydrogens (tertiary/aromatic N) is 2. The number of ether oxygens (including phenoxy) is 1. The van der Waals surface area contributed by atoms with Gasteiger partial charge in [-0.3, -0.25) is 24.7 Å². The van der Waals surface area contributed by atoms with E-state index in [0.717, 1.165) is 0 Å². The van der Waals surface area contributed by atoms with Gasteiger partial charge < -0.3 is 9.15 Å². The molecule has 2 heterocycles. The highest BCUT2D eigenvalue weighted by Gasteiger charge is 2.47. The topological polar surface area (TPSA) is 112 Å². The smallest absolute Gasteiger partial charge is 0.315 e. The largest absolute Gasteiger partial charge is 0.468 e. The van der Waals surface area contributed by atoms with E-state index in [4.69, 9.17) is 9.15 Å². The minimum atomic E-state index is -0.864. The van der Waals surface area contributed by atoms with E-state index >= 15 is 0 Å². The summed E-state index contributed by atoms with van der Waals surface area (Å²) in [5, 5.41) is 11.5. The van der Waals surface area contributed by atoms with Gasteiger partial charge in [0.2, 0.25) is 0 Å². The van der Waals surface area contributed by atoms with Crippen LogP contribution in [0.1, 0.15) is 34.5 Å². The summed E-state index contributed by atoms with van der Waals surface area (Å²) < 4.78 is 11.1. The molecule has 33 heavy (non-hydrogen) atoms. The van der Waals surface area contributed by atoms with E-state index in [1.807, 2.05) is 12.1 Å². The molecule has 164 valence electrons. The van der Waals surface area contributed by atoms with Gasteiger partial charge >= 0.3 is 5.97 Å². The van der Waals surface area contributed by atoms with E-state index in [-0.39, 0.29) is 17.2 Å². The van der Waals surface area contributed by atoms with Crippen molar-refractivity contribution < 1.29 is 23.7 Å². The van der Waals surface area contributed by atoms with Gasteiger partial charge in [-0.2, -0.15) is 0 Å². The Morgan fingerprint density at radius 3 is 2.39 bits per heavy atom. The fourth-order valence-corrected chi connectivity index (χ4v) is 4.59. The molecule has 8 nitrogen and oxygen atoms in total. The van der Waals surface area contributed by atoms with Gasteiger partial charge in [-0.15, -0.1) is 0 Å². The summed E-state index contributed by atoms with van der Waals surface area (Å²) in [5.74, 6) is -1.80. The number of methoxy groups -OCH3 is 1. The number of hydrogen-bond donors (Lipinski definition) is 0. The quantitative estimate of drug-likeness (QED) is 0.326. The van der Waals surface area contributed by atoms with Crippen molar-refractivity contribution in [2.45, 2.75) is 12.8 Å². The number of fused-ring (bicyclic) bond motifs is 2. The van der Waals surface area contributed by atoms with Gasteiger partial charge in [0, 0.05) is 28.5 Å². The standard InChI is InChI=1S/C25H18N2O6/c1-13-20(25(29)32-2)21(22-23(26-13)14-7-3-4-8-15(14)24(22)28)19-12-11-18(33-19)16-9-5-6-10-17(16)27(30)31/h3-12,20-21H,1-2H3/t20?,21-/m0/s1. The fraction of sp³-hybridized carbons (Fsp3) is 0.160. The van der Waals surface area contributed by atoms with Gasteiger partial charge in [0.1, 0.15) is 17.4 Å². The van der Waals surface area contributed by atoms with Gasteiger partial charge in [-0.25, -0.2) is 0 Å². The van der Waals surface area contributed by atoms with Crippen LogP contribution >= 0.6 is 0 Å². The predicted molar refractivity (Wildman–Crippen MR) is 120 cm³/mol. The summed E-state index contributed by atoms with van der Waals surface area (Å²) >= 11 is 0. The second-order valence-corrected chi connectivity index (χ2v) is 7.84. The molecule has 5 rings (SSSR count). The summed E-state index contributed by atoms with van der Waals surface area (Å²) in [7, 11) is 1.28. The molecule has 2 atom stereocenters. The first kappa shape index (κ1) is 20.6. The molecule has 0 fully saturated rings. The van der Waals surface area contributed by atoms with Crippen LogP contribution < -0.4 is 0 Å². The Morgan fingerprint density at radius 2 is 1.70 bits per heavy atom. The highest BCUT2D eigenvalue weighted by molar-refractivity contribution is 6.24. The number of aliphatic imine (C=N–C) groups is 1. The molecule has 0 saturated carbocycles. The molecule has 0 amide bonds. The number of allylic oxidation sites excluding steroid dienone is 1. The van der Waals surface area contributed by atoms with Crippen LogP contribution in [0.4, 0.5) is 5.69 Å². The van der Waals surface area contributed by atoms with Crippen LogP contribution in [-0.2, 0) is 9.53 Å². The Hall–Kier alpha value is -4.33. The Labute approximate surface area is 188 Å². The summed E-state index contributed by atoms with van der Waals surface area (Å²) in [6.07, 6.45) is 0. The van der Waals surface area contributed by atoms with E-state index in [1.54, 1.807) is 49.4 Å². The number of benzene rings is 2. The van der Waals surface area contributed by atoms with Gasteiger partial charge in [0.15, 0.2) is 5.78 Å². The zero-order valence-corrected chi connectivity index (χ0v) is 17.8. The molecule has 0 N–H and O–H groups in total. The Bertz CT molecular complexity index is 1400.